The van der Waals surface area contributed by atoms with Crippen LogP contribution >= 0.6 is 12.4 Å². The van der Waals surface area contributed by atoms with Gasteiger partial charge in [-0.15, -0.1) is 12.4 Å². The fourth-order valence-electron chi connectivity index (χ4n) is 2.97. The number of hydrogen-bond donors (Lipinski definition) is 2. The molecule has 1 amide bonds. The Morgan fingerprint density at radius 3 is 2.64 bits per heavy atom. The van der Waals surface area contributed by atoms with E-state index in [1.165, 1.54) is 0 Å². The summed E-state index contributed by atoms with van der Waals surface area (Å²) in [7, 11) is 3.21. The van der Waals surface area contributed by atoms with Gasteiger partial charge in [0, 0.05) is 12.5 Å². The Morgan fingerprint density at radius 2 is 2.00 bits per heavy atom. The van der Waals surface area contributed by atoms with Gasteiger partial charge in [-0.05, 0) is 43.0 Å². The van der Waals surface area contributed by atoms with Crippen LogP contribution in [0.4, 0.5) is 0 Å². The van der Waals surface area contributed by atoms with Crippen LogP contribution in [0, 0.1) is 11.8 Å². The summed E-state index contributed by atoms with van der Waals surface area (Å²) in [6.07, 6.45) is 3.10. The maximum absolute atomic E-state index is 12.2. The predicted octanol–water partition coefficient (Wildman–Crippen LogP) is 2.12. The number of nitrogens with two attached hydrogens (primary N) is 1. The van der Waals surface area contributed by atoms with Crippen molar-refractivity contribution in [3.8, 4) is 11.5 Å². The molecule has 0 spiro atoms. The standard InChI is InChI=1S/C16H24N2O3.ClH/c1-20-14-7-6-11(8-15(14)21-2)10-18-16(19)13-5-3-4-12(13)9-17;/h6-8,12-13H,3-5,9-10,17H2,1-2H3,(H,18,19);1H/t12-,13-;/m1./s1. The van der Waals surface area contributed by atoms with Crippen molar-refractivity contribution in [2.24, 2.45) is 17.6 Å². The SMILES string of the molecule is COc1ccc(CNC(=O)[C@@H]2CCC[C@@H]2CN)cc1OC.Cl. The Balaban J connectivity index is 0.00000242. The fraction of sp³-hybridized carbons (Fsp3) is 0.562. The highest BCUT2D eigenvalue weighted by Gasteiger charge is 2.31. The lowest BCUT2D eigenvalue weighted by Gasteiger charge is -2.17. The van der Waals surface area contributed by atoms with Crippen LogP contribution in [0.15, 0.2) is 18.2 Å². The van der Waals surface area contributed by atoms with E-state index in [1.54, 1.807) is 14.2 Å². The van der Waals surface area contributed by atoms with E-state index in [-0.39, 0.29) is 24.2 Å². The summed E-state index contributed by atoms with van der Waals surface area (Å²) in [5.74, 6) is 1.86. The van der Waals surface area contributed by atoms with E-state index in [0.29, 0.717) is 30.5 Å². The van der Waals surface area contributed by atoms with Crippen LogP contribution < -0.4 is 20.5 Å². The van der Waals surface area contributed by atoms with Crippen LogP contribution in [0.1, 0.15) is 24.8 Å². The average molecular weight is 329 g/mol. The summed E-state index contributed by atoms with van der Waals surface area (Å²) in [5, 5.41) is 3.00. The molecule has 0 heterocycles. The molecule has 1 aliphatic rings. The number of hydrogen-bond acceptors (Lipinski definition) is 4. The van der Waals surface area contributed by atoms with E-state index in [0.717, 1.165) is 24.8 Å². The molecule has 3 N–H and O–H groups in total. The van der Waals surface area contributed by atoms with E-state index in [4.69, 9.17) is 15.2 Å². The molecule has 1 fully saturated rings. The maximum Gasteiger partial charge on any atom is 0.223 e. The first kappa shape index (κ1) is 18.6. The first-order valence-electron chi connectivity index (χ1n) is 7.38. The van der Waals surface area contributed by atoms with Gasteiger partial charge < -0.3 is 20.5 Å². The molecule has 124 valence electrons. The van der Waals surface area contributed by atoms with Gasteiger partial charge in [-0.2, -0.15) is 0 Å². The molecule has 1 aliphatic carbocycles. The molecule has 0 saturated heterocycles. The number of halogens is 1. The number of carbonyl (C=O) groups is 1. The molecule has 0 bridgehead atoms. The topological polar surface area (TPSA) is 73.6 Å². The van der Waals surface area contributed by atoms with Crippen molar-refractivity contribution < 1.29 is 14.3 Å². The molecule has 0 unspecified atom stereocenters. The Kier molecular flexibility index (Phi) is 7.48. The van der Waals surface area contributed by atoms with Gasteiger partial charge in [0.05, 0.1) is 14.2 Å². The van der Waals surface area contributed by atoms with Crippen LogP contribution in [0.5, 0.6) is 11.5 Å². The second kappa shape index (κ2) is 8.86. The molecule has 22 heavy (non-hydrogen) atoms. The van der Waals surface area contributed by atoms with Crippen molar-refractivity contribution in [1.82, 2.24) is 5.32 Å². The van der Waals surface area contributed by atoms with Crippen LogP contribution in [-0.4, -0.2) is 26.7 Å². The number of carbonyl (C=O) groups excluding carboxylic acids is 1. The van der Waals surface area contributed by atoms with Crippen LogP contribution in [0.25, 0.3) is 0 Å². The second-order valence-corrected chi connectivity index (χ2v) is 5.44. The van der Waals surface area contributed by atoms with Crippen LogP contribution in [0.3, 0.4) is 0 Å². The monoisotopic (exact) mass is 328 g/mol. The molecule has 0 radical (unpaired) electrons. The Morgan fingerprint density at radius 1 is 1.27 bits per heavy atom. The predicted molar refractivity (Wildman–Crippen MR) is 88.5 cm³/mol. The molecule has 1 aromatic rings. The van der Waals surface area contributed by atoms with Crippen molar-refractivity contribution in [3.05, 3.63) is 23.8 Å². The van der Waals surface area contributed by atoms with Gasteiger partial charge in [-0.3, -0.25) is 4.79 Å². The van der Waals surface area contributed by atoms with Crippen LogP contribution in [0.2, 0.25) is 0 Å². The molecule has 0 aromatic heterocycles. The second-order valence-electron chi connectivity index (χ2n) is 5.44. The largest absolute Gasteiger partial charge is 0.493 e. The van der Waals surface area contributed by atoms with Crippen molar-refractivity contribution in [3.63, 3.8) is 0 Å². The van der Waals surface area contributed by atoms with E-state index >= 15 is 0 Å². The van der Waals surface area contributed by atoms with Crippen molar-refractivity contribution in [2.75, 3.05) is 20.8 Å². The van der Waals surface area contributed by atoms with Crippen molar-refractivity contribution in [1.29, 1.82) is 0 Å². The summed E-state index contributed by atoms with van der Waals surface area (Å²) in [6, 6.07) is 5.66. The fourth-order valence-corrected chi connectivity index (χ4v) is 2.97. The zero-order chi connectivity index (χ0) is 15.2. The van der Waals surface area contributed by atoms with E-state index < -0.39 is 0 Å². The smallest absolute Gasteiger partial charge is 0.223 e. The van der Waals surface area contributed by atoms with Gasteiger partial charge in [-0.25, -0.2) is 0 Å². The van der Waals surface area contributed by atoms with Crippen LogP contribution in [-0.2, 0) is 11.3 Å². The lowest BCUT2D eigenvalue weighted by atomic mass is 9.95. The Hall–Kier alpha value is -1.46. The lowest BCUT2D eigenvalue weighted by molar-refractivity contribution is -0.126. The zero-order valence-corrected chi connectivity index (χ0v) is 13.9. The van der Waals surface area contributed by atoms with Gasteiger partial charge in [0.15, 0.2) is 11.5 Å². The van der Waals surface area contributed by atoms with Gasteiger partial charge in [0.1, 0.15) is 0 Å². The molecular weight excluding hydrogens is 304 g/mol. The van der Waals surface area contributed by atoms with Gasteiger partial charge in [0.2, 0.25) is 5.91 Å². The quantitative estimate of drug-likeness (QED) is 0.839. The Labute approximate surface area is 138 Å². The molecule has 1 saturated carbocycles. The van der Waals surface area contributed by atoms with E-state index in [2.05, 4.69) is 5.32 Å². The summed E-state index contributed by atoms with van der Waals surface area (Å²) < 4.78 is 10.5. The average Bonchev–Trinajstić information content (AvgIpc) is 3.00. The number of benzene rings is 1. The minimum Gasteiger partial charge on any atom is -0.493 e. The van der Waals surface area contributed by atoms with Gasteiger partial charge in [0.25, 0.3) is 0 Å². The normalized spacial score (nSPS) is 20.1. The summed E-state index contributed by atoms with van der Waals surface area (Å²) in [4.78, 5) is 12.2. The number of methoxy groups -OCH3 is 2. The third-order valence-corrected chi connectivity index (χ3v) is 4.21. The summed E-state index contributed by atoms with van der Waals surface area (Å²) in [5.41, 5.74) is 6.72. The van der Waals surface area contributed by atoms with Gasteiger partial charge in [-0.1, -0.05) is 12.5 Å². The number of nitrogens with one attached hydrogen (secondary N) is 1. The third kappa shape index (κ3) is 4.27. The molecule has 5 nitrogen and oxygen atoms in total. The zero-order valence-electron chi connectivity index (χ0n) is 13.1. The number of ether oxygens (including phenoxy) is 2. The van der Waals surface area contributed by atoms with E-state index in [9.17, 15) is 4.79 Å². The summed E-state index contributed by atoms with van der Waals surface area (Å²) >= 11 is 0. The highest BCUT2D eigenvalue weighted by Crippen LogP contribution is 2.31. The minimum atomic E-state index is 0. The first-order chi connectivity index (χ1) is 10.2. The van der Waals surface area contributed by atoms with Crippen molar-refractivity contribution >= 4 is 18.3 Å². The molecule has 1 aromatic carbocycles. The summed E-state index contributed by atoms with van der Waals surface area (Å²) in [6.45, 7) is 1.08. The molecule has 0 aliphatic heterocycles. The third-order valence-electron chi connectivity index (χ3n) is 4.21. The highest BCUT2D eigenvalue weighted by atomic mass is 35.5. The number of rotatable bonds is 6. The highest BCUT2D eigenvalue weighted by molar-refractivity contribution is 5.85. The lowest BCUT2D eigenvalue weighted by Crippen LogP contribution is -2.34. The molecule has 6 heteroatoms. The van der Waals surface area contributed by atoms with Gasteiger partial charge >= 0.3 is 0 Å². The van der Waals surface area contributed by atoms with E-state index in [1.807, 2.05) is 18.2 Å². The molecular formula is C16H25ClN2O3. The Bertz CT molecular complexity index is 496. The maximum atomic E-state index is 12.2. The minimum absolute atomic E-state index is 0. The first-order valence-corrected chi connectivity index (χ1v) is 7.38. The number of amides is 1. The molecule has 2 atom stereocenters. The van der Waals surface area contributed by atoms with Crippen molar-refractivity contribution in [2.45, 2.75) is 25.8 Å². The molecule has 2 rings (SSSR count).